The summed E-state index contributed by atoms with van der Waals surface area (Å²) >= 11 is 0. The highest BCUT2D eigenvalue weighted by Gasteiger charge is 2.28. The molecule has 25 heavy (non-hydrogen) atoms. The summed E-state index contributed by atoms with van der Waals surface area (Å²) < 4.78 is 0. The molecule has 0 spiro atoms. The third-order valence-electron chi connectivity index (χ3n) is 5.36. The average molecular weight is 336 g/mol. The minimum absolute atomic E-state index is 0.155. The van der Waals surface area contributed by atoms with E-state index in [2.05, 4.69) is 64.8 Å². The average Bonchev–Trinajstić information content (AvgIpc) is 3.23. The van der Waals surface area contributed by atoms with Crippen molar-refractivity contribution < 1.29 is 9.69 Å². The van der Waals surface area contributed by atoms with Gasteiger partial charge in [-0.05, 0) is 18.1 Å². The highest BCUT2D eigenvalue weighted by Crippen LogP contribution is 2.26. The van der Waals surface area contributed by atoms with E-state index in [9.17, 15) is 4.79 Å². The number of hydrogen-bond donors (Lipinski definition) is 2. The SMILES string of the molecule is O=C(CN1CCc2ccccc21)N[C@H]1CC[NH+](Cc2ccccc2)C1. The molecule has 2 aromatic rings. The van der Waals surface area contributed by atoms with E-state index in [1.807, 2.05) is 0 Å². The number of likely N-dealkylation sites (tertiary alicyclic amines) is 1. The van der Waals surface area contributed by atoms with E-state index in [4.69, 9.17) is 0 Å². The number of quaternary nitrogens is 1. The fourth-order valence-electron chi connectivity index (χ4n) is 4.12. The number of hydrogen-bond acceptors (Lipinski definition) is 2. The molecular formula is C21H26N3O+. The monoisotopic (exact) mass is 336 g/mol. The zero-order valence-corrected chi connectivity index (χ0v) is 14.6. The Labute approximate surface area is 149 Å². The quantitative estimate of drug-likeness (QED) is 0.855. The number of anilines is 1. The molecule has 4 rings (SSSR count). The molecule has 2 atom stereocenters. The van der Waals surface area contributed by atoms with E-state index in [1.54, 1.807) is 4.90 Å². The molecule has 0 aromatic heterocycles. The smallest absolute Gasteiger partial charge is 0.239 e. The van der Waals surface area contributed by atoms with Crippen molar-refractivity contribution in [2.75, 3.05) is 31.1 Å². The molecule has 1 amide bonds. The van der Waals surface area contributed by atoms with Gasteiger partial charge >= 0.3 is 0 Å². The number of rotatable bonds is 5. The summed E-state index contributed by atoms with van der Waals surface area (Å²) in [4.78, 5) is 16.2. The summed E-state index contributed by atoms with van der Waals surface area (Å²) in [6.45, 7) is 4.63. The predicted octanol–water partition coefficient (Wildman–Crippen LogP) is 1.02. The predicted molar refractivity (Wildman–Crippen MR) is 99.7 cm³/mol. The van der Waals surface area contributed by atoms with E-state index in [0.29, 0.717) is 12.6 Å². The molecular weight excluding hydrogens is 310 g/mol. The minimum Gasteiger partial charge on any atom is -0.362 e. The standard InChI is InChI=1S/C21H25N3O/c25-21(16-24-13-10-18-8-4-5-9-20(18)24)22-19-11-12-23(15-19)14-17-6-2-1-3-7-17/h1-9,19H,10-16H2,(H,22,25)/p+1/t19-/m0/s1. The number of fused-ring (bicyclic) bond motifs is 1. The summed E-state index contributed by atoms with van der Waals surface area (Å²) in [6, 6.07) is 19.3. The third-order valence-corrected chi connectivity index (χ3v) is 5.36. The van der Waals surface area contributed by atoms with Gasteiger partial charge in [0.15, 0.2) is 0 Å². The lowest BCUT2D eigenvalue weighted by molar-refractivity contribution is -0.901. The van der Waals surface area contributed by atoms with Crippen LogP contribution in [0.3, 0.4) is 0 Å². The van der Waals surface area contributed by atoms with Gasteiger partial charge < -0.3 is 15.1 Å². The zero-order valence-electron chi connectivity index (χ0n) is 14.6. The fourth-order valence-corrected chi connectivity index (χ4v) is 4.12. The molecule has 1 unspecified atom stereocenters. The van der Waals surface area contributed by atoms with Crippen molar-refractivity contribution in [2.45, 2.75) is 25.4 Å². The van der Waals surface area contributed by atoms with Crippen molar-refractivity contribution in [2.24, 2.45) is 0 Å². The van der Waals surface area contributed by atoms with Gasteiger partial charge in [-0.3, -0.25) is 4.79 Å². The molecule has 1 fully saturated rings. The third kappa shape index (κ3) is 3.85. The van der Waals surface area contributed by atoms with E-state index in [1.165, 1.54) is 16.8 Å². The Kier molecular flexibility index (Phi) is 4.70. The van der Waals surface area contributed by atoms with Crippen molar-refractivity contribution >= 4 is 11.6 Å². The van der Waals surface area contributed by atoms with Gasteiger partial charge in [0.25, 0.3) is 0 Å². The molecule has 0 saturated carbocycles. The first-order chi connectivity index (χ1) is 12.3. The molecule has 2 aliphatic heterocycles. The summed E-state index contributed by atoms with van der Waals surface area (Å²) in [5, 5.41) is 3.25. The summed E-state index contributed by atoms with van der Waals surface area (Å²) in [7, 11) is 0. The van der Waals surface area contributed by atoms with Crippen LogP contribution >= 0.6 is 0 Å². The highest BCUT2D eigenvalue weighted by molar-refractivity contribution is 5.82. The molecule has 4 nitrogen and oxygen atoms in total. The molecule has 130 valence electrons. The van der Waals surface area contributed by atoms with Gasteiger partial charge in [0.1, 0.15) is 6.54 Å². The van der Waals surface area contributed by atoms with E-state index >= 15 is 0 Å². The van der Waals surface area contributed by atoms with Gasteiger partial charge in [0.2, 0.25) is 5.91 Å². The van der Waals surface area contributed by atoms with Crippen molar-refractivity contribution in [1.29, 1.82) is 0 Å². The van der Waals surface area contributed by atoms with Crippen LogP contribution < -0.4 is 15.1 Å². The number of amides is 1. The molecule has 2 N–H and O–H groups in total. The first-order valence-corrected chi connectivity index (χ1v) is 9.27. The Balaban J connectivity index is 1.27. The van der Waals surface area contributed by atoms with Crippen LogP contribution in [0.2, 0.25) is 0 Å². The second kappa shape index (κ2) is 7.28. The van der Waals surface area contributed by atoms with Crippen LogP contribution in [0.4, 0.5) is 5.69 Å². The van der Waals surface area contributed by atoms with Crippen LogP contribution in [0.1, 0.15) is 17.5 Å². The summed E-state index contributed by atoms with van der Waals surface area (Å²) in [5.74, 6) is 0.155. The van der Waals surface area contributed by atoms with E-state index in [0.717, 1.165) is 39.0 Å². The lowest BCUT2D eigenvalue weighted by atomic mass is 10.2. The highest BCUT2D eigenvalue weighted by atomic mass is 16.2. The lowest BCUT2D eigenvalue weighted by Gasteiger charge is -2.20. The van der Waals surface area contributed by atoms with Gasteiger partial charge in [0, 0.05) is 24.2 Å². The van der Waals surface area contributed by atoms with Crippen molar-refractivity contribution in [1.82, 2.24) is 5.32 Å². The largest absolute Gasteiger partial charge is 0.362 e. The second-order valence-corrected chi connectivity index (χ2v) is 7.22. The normalized spacial score (nSPS) is 22.0. The molecule has 2 heterocycles. The molecule has 0 aliphatic carbocycles. The maximum Gasteiger partial charge on any atom is 0.239 e. The Morgan fingerprint density at radius 1 is 1.12 bits per heavy atom. The van der Waals surface area contributed by atoms with E-state index < -0.39 is 0 Å². The van der Waals surface area contributed by atoms with Crippen LogP contribution in [-0.4, -0.2) is 38.1 Å². The maximum atomic E-state index is 12.5. The van der Waals surface area contributed by atoms with Crippen LogP contribution in [0, 0.1) is 0 Å². The van der Waals surface area contributed by atoms with Gasteiger partial charge in [-0.1, -0.05) is 48.5 Å². The van der Waals surface area contributed by atoms with Gasteiger partial charge in [-0.25, -0.2) is 0 Å². The molecule has 0 bridgehead atoms. The minimum atomic E-state index is 0.155. The van der Waals surface area contributed by atoms with Gasteiger partial charge in [-0.15, -0.1) is 0 Å². The summed E-state index contributed by atoms with van der Waals surface area (Å²) in [5.41, 5.74) is 3.95. The summed E-state index contributed by atoms with van der Waals surface area (Å²) in [6.07, 6.45) is 2.12. The number of para-hydroxylation sites is 1. The van der Waals surface area contributed by atoms with Crippen LogP contribution in [0.5, 0.6) is 0 Å². The van der Waals surface area contributed by atoms with Gasteiger partial charge in [-0.2, -0.15) is 0 Å². The second-order valence-electron chi connectivity index (χ2n) is 7.22. The number of carbonyl (C=O) groups is 1. The van der Waals surface area contributed by atoms with Crippen molar-refractivity contribution in [3.05, 3.63) is 65.7 Å². The van der Waals surface area contributed by atoms with Gasteiger partial charge in [0.05, 0.1) is 25.7 Å². The van der Waals surface area contributed by atoms with Crippen LogP contribution in [-0.2, 0) is 17.8 Å². The topological polar surface area (TPSA) is 36.8 Å². The number of nitrogens with one attached hydrogen (secondary N) is 2. The molecule has 2 aliphatic rings. The molecule has 4 heteroatoms. The van der Waals surface area contributed by atoms with E-state index in [-0.39, 0.29) is 5.91 Å². The van der Waals surface area contributed by atoms with Crippen LogP contribution in [0.15, 0.2) is 54.6 Å². The number of benzene rings is 2. The Morgan fingerprint density at radius 2 is 1.92 bits per heavy atom. The first kappa shape index (κ1) is 16.2. The fraction of sp³-hybridized carbons (Fsp3) is 0.381. The van der Waals surface area contributed by atoms with Crippen molar-refractivity contribution in [3.8, 4) is 0 Å². The molecule has 2 aromatic carbocycles. The van der Waals surface area contributed by atoms with Crippen LogP contribution in [0.25, 0.3) is 0 Å². The number of carbonyl (C=O) groups excluding carboxylic acids is 1. The first-order valence-electron chi connectivity index (χ1n) is 9.27. The Hall–Kier alpha value is -2.33. The molecule has 0 radical (unpaired) electrons. The lowest BCUT2D eigenvalue weighted by Crippen LogP contribution is -3.09. The zero-order chi connectivity index (χ0) is 17.1. The molecule has 1 saturated heterocycles. The van der Waals surface area contributed by atoms with Crippen molar-refractivity contribution in [3.63, 3.8) is 0 Å². The Morgan fingerprint density at radius 3 is 2.80 bits per heavy atom. The maximum absolute atomic E-state index is 12.5. The number of nitrogens with zero attached hydrogens (tertiary/aromatic N) is 1. The Bertz CT molecular complexity index is 731.